The molecule has 0 fully saturated rings. The van der Waals surface area contributed by atoms with Crippen molar-refractivity contribution in [3.8, 4) is 0 Å². The third-order valence-corrected chi connectivity index (χ3v) is 2.53. The summed E-state index contributed by atoms with van der Waals surface area (Å²) in [5.41, 5.74) is 0.857. The maximum Gasteiger partial charge on any atom is 0.161 e. The van der Waals surface area contributed by atoms with Crippen LogP contribution in [0.3, 0.4) is 0 Å². The summed E-state index contributed by atoms with van der Waals surface area (Å²) >= 11 is 0. The van der Waals surface area contributed by atoms with Crippen molar-refractivity contribution < 1.29 is 23.7 Å². The van der Waals surface area contributed by atoms with Gasteiger partial charge in [0.2, 0.25) is 0 Å². The van der Waals surface area contributed by atoms with Gasteiger partial charge in [-0.1, -0.05) is 30.3 Å². The maximum absolute atomic E-state index is 11.7. The first-order chi connectivity index (χ1) is 9.20. The lowest BCUT2D eigenvalue weighted by molar-refractivity contribution is -0.170. The first kappa shape index (κ1) is 15.8. The van der Waals surface area contributed by atoms with Crippen LogP contribution >= 0.6 is 0 Å². The molecule has 0 aromatic heterocycles. The third kappa shape index (κ3) is 5.08. The Morgan fingerprint density at radius 2 is 1.63 bits per heavy atom. The monoisotopic (exact) mass is 268 g/mol. The first-order valence-corrected chi connectivity index (χ1v) is 5.97. The molecule has 0 aliphatic rings. The summed E-state index contributed by atoms with van der Waals surface area (Å²) in [6.45, 7) is 1.58. The van der Waals surface area contributed by atoms with Crippen molar-refractivity contribution in [3.63, 3.8) is 0 Å². The lowest BCUT2D eigenvalue weighted by Crippen LogP contribution is -2.32. The lowest BCUT2D eigenvalue weighted by atomic mass is 10.0. The Morgan fingerprint density at radius 3 is 2.16 bits per heavy atom. The highest BCUT2D eigenvalue weighted by molar-refractivity contribution is 5.81. The number of ether oxygens (including phenoxy) is 4. The second kappa shape index (κ2) is 8.77. The molecule has 106 valence electrons. The summed E-state index contributed by atoms with van der Waals surface area (Å²) in [5, 5.41) is 0. The summed E-state index contributed by atoms with van der Waals surface area (Å²) in [4.78, 5) is 11.7. The molecule has 0 aliphatic heterocycles. The van der Waals surface area contributed by atoms with Gasteiger partial charge in [0, 0.05) is 14.2 Å². The molecule has 5 heteroatoms. The van der Waals surface area contributed by atoms with E-state index in [0.717, 1.165) is 5.56 Å². The largest absolute Gasteiger partial charge is 0.359 e. The number of hydrogen-bond donors (Lipinski definition) is 0. The molecule has 0 heterocycles. The second-order valence-electron chi connectivity index (χ2n) is 4.01. The molecule has 2 atom stereocenters. The van der Waals surface area contributed by atoms with Crippen LogP contribution in [0.2, 0.25) is 0 Å². The van der Waals surface area contributed by atoms with E-state index in [4.69, 9.17) is 18.9 Å². The van der Waals surface area contributed by atoms with E-state index in [9.17, 15) is 4.79 Å². The number of carbonyl (C=O) groups excluding carboxylic acids is 1. The quantitative estimate of drug-likeness (QED) is 0.640. The summed E-state index contributed by atoms with van der Waals surface area (Å²) in [6, 6.07) is 9.42. The molecule has 0 saturated heterocycles. The minimum Gasteiger partial charge on any atom is -0.359 e. The van der Waals surface area contributed by atoms with Crippen LogP contribution in [0, 0.1) is 0 Å². The predicted octanol–water partition coefficient (Wildman–Crippen LogP) is 1.93. The molecule has 1 rings (SSSR count). The molecule has 0 bridgehead atoms. The number of hydrogen-bond acceptors (Lipinski definition) is 5. The van der Waals surface area contributed by atoms with Gasteiger partial charge in [0.15, 0.2) is 5.78 Å². The number of Topliss-reactive ketones (excluding diaryl/α,β-unsaturated/α-hetero) is 1. The Morgan fingerprint density at radius 1 is 1.05 bits per heavy atom. The SMILES string of the molecule is COCO[C@@H](C(C)=O)[C@@H](OCOC)c1ccccc1. The molecule has 0 N–H and O–H groups in total. The van der Waals surface area contributed by atoms with E-state index >= 15 is 0 Å². The molecular formula is C14H20O5. The van der Waals surface area contributed by atoms with E-state index in [0.29, 0.717) is 0 Å². The van der Waals surface area contributed by atoms with Gasteiger partial charge in [0.1, 0.15) is 25.8 Å². The average Bonchev–Trinajstić information content (AvgIpc) is 2.43. The van der Waals surface area contributed by atoms with E-state index in [1.54, 1.807) is 0 Å². The Bertz CT molecular complexity index is 365. The summed E-state index contributed by atoms with van der Waals surface area (Å²) < 4.78 is 20.7. The fourth-order valence-electron chi connectivity index (χ4n) is 1.70. The minimum absolute atomic E-state index is 0.0317. The zero-order valence-electron chi connectivity index (χ0n) is 11.5. The molecule has 0 unspecified atom stereocenters. The molecule has 1 aromatic carbocycles. The van der Waals surface area contributed by atoms with Crippen molar-refractivity contribution in [2.45, 2.75) is 19.1 Å². The van der Waals surface area contributed by atoms with Crippen LogP contribution in [0.25, 0.3) is 0 Å². The number of rotatable bonds is 9. The van der Waals surface area contributed by atoms with Gasteiger partial charge in [0.05, 0.1) is 0 Å². The number of carbonyl (C=O) groups is 1. The number of ketones is 1. The number of benzene rings is 1. The van der Waals surface area contributed by atoms with E-state index in [1.165, 1.54) is 21.1 Å². The minimum atomic E-state index is -0.725. The Kier molecular flexibility index (Phi) is 7.28. The zero-order valence-corrected chi connectivity index (χ0v) is 11.5. The van der Waals surface area contributed by atoms with Crippen LogP contribution in [-0.4, -0.2) is 39.7 Å². The van der Waals surface area contributed by atoms with Crippen LogP contribution < -0.4 is 0 Å². The van der Waals surface area contributed by atoms with Crippen molar-refractivity contribution >= 4 is 5.78 Å². The topological polar surface area (TPSA) is 54.0 Å². The summed E-state index contributed by atoms with van der Waals surface area (Å²) in [6.07, 6.45) is -1.24. The number of methoxy groups -OCH3 is 2. The van der Waals surface area contributed by atoms with Gasteiger partial charge in [-0.2, -0.15) is 0 Å². The van der Waals surface area contributed by atoms with Crippen molar-refractivity contribution in [2.75, 3.05) is 27.8 Å². The van der Waals surface area contributed by atoms with Crippen LogP contribution in [0.5, 0.6) is 0 Å². The third-order valence-electron chi connectivity index (χ3n) is 2.53. The van der Waals surface area contributed by atoms with E-state index in [2.05, 4.69) is 0 Å². The molecule has 0 radical (unpaired) electrons. The molecule has 0 spiro atoms. The zero-order chi connectivity index (χ0) is 14.1. The predicted molar refractivity (Wildman–Crippen MR) is 69.6 cm³/mol. The van der Waals surface area contributed by atoms with Crippen molar-refractivity contribution in [2.24, 2.45) is 0 Å². The maximum atomic E-state index is 11.7. The van der Waals surface area contributed by atoms with Gasteiger partial charge >= 0.3 is 0 Å². The van der Waals surface area contributed by atoms with E-state index in [1.807, 2.05) is 30.3 Å². The van der Waals surface area contributed by atoms with E-state index < -0.39 is 12.2 Å². The van der Waals surface area contributed by atoms with Crippen molar-refractivity contribution in [3.05, 3.63) is 35.9 Å². The molecule has 5 nitrogen and oxygen atoms in total. The van der Waals surface area contributed by atoms with Crippen molar-refractivity contribution in [1.29, 1.82) is 0 Å². The van der Waals surface area contributed by atoms with Crippen molar-refractivity contribution in [1.82, 2.24) is 0 Å². The molecule has 1 aromatic rings. The van der Waals surface area contributed by atoms with Gasteiger partial charge in [0.25, 0.3) is 0 Å². The standard InChI is InChI=1S/C14H20O5/c1-11(15)13(18-9-16-2)14(19-10-17-3)12-7-5-4-6-8-12/h4-8,13-14H,9-10H2,1-3H3/t13-,14-/m0/s1. The van der Waals surface area contributed by atoms with Gasteiger partial charge in [-0.05, 0) is 12.5 Å². The Balaban J connectivity index is 2.89. The summed E-state index contributed by atoms with van der Waals surface area (Å²) in [7, 11) is 3.03. The van der Waals surface area contributed by atoms with Gasteiger partial charge in [-0.15, -0.1) is 0 Å². The Labute approximate surface area is 113 Å². The fraction of sp³-hybridized carbons (Fsp3) is 0.500. The fourth-order valence-corrected chi connectivity index (χ4v) is 1.70. The van der Waals surface area contributed by atoms with E-state index in [-0.39, 0.29) is 19.4 Å². The molecule has 19 heavy (non-hydrogen) atoms. The highest BCUT2D eigenvalue weighted by atomic mass is 16.7. The second-order valence-corrected chi connectivity index (χ2v) is 4.01. The molecule has 0 amide bonds. The van der Waals surface area contributed by atoms with Gasteiger partial charge in [-0.3, -0.25) is 4.79 Å². The molecule has 0 aliphatic carbocycles. The molecule has 0 saturated carbocycles. The van der Waals surface area contributed by atoms with Crippen LogP contribution in [-0.2, 0) is 23.7 Å². The Hall–Kier alpha value is -1.27. The normalized spacial score (nSPS) is 14.1. The molecular weight excluding hydrogens is 248 g/mol. The highest BCUT2D eigenvalue weighted by Gasteiger charge is 2.28. The van der Waals surface area contributed by atoms with Crippen LogP contribution in [0.4, 0.5) is 0 Å². The smallest absolute Gasteiger partial charge is 0.161 e. The highest BCUT2D eigenvalue weighted by Crippen LogP contribution is 2.24. The van der Waals surface area contributed by atoms with Crippen LogP contribution in [0.15, 0.2) is 30.3 Å². The van der Waals surface area contributed by atoms with Crippen LogP contribution in [0.1, 0.15) is 18.6 Å². The lowest BCUT2D eigenvalue weighted by Gasteiger charge is -2.25. The van der Waals surface area contributed by atoms with Gasteiger partial charge < -0.3 is 18.9 Å². The average molecular weight is 268 g/mol. The van der Waals surface area contributed by atoms with Gasteiger partial charge in [-0.25, -0.2) is 0 Å². The first-order valence-electron chi connectivity index (χ1n) is 5.97. The summed E-state index contributed by atoms with van der Waals surface area (Å²) in [5.74, 6) is -0.123.